The summed E-state index contributed by atoms with van der Waals surface area (Å²) in [6.07, 6.45) is 0. The number of carbonyl (C=O) groups excluding carboxylic acids is 2. The van der Waals surface area contributed by atoms with E-state index in [1.807, 2.05) is 44.2 Å². The van der Waals surface area contributed by atoms with Gasteiger partial charge in [0.15, 0.2) is 0 Å². The fourth-order valence-corrected chi connectivity index (χ4v) is 2.83. The lowest BCUT2D eigenvalue weighted by Crippen LogP contribution is -2.33. The van der Waals surface area contributed by atoms with Crippen molar-refractivity contribution in [3.63, 3.8) is 0 Å². The maximum atomic E-state index is 12.7. The molecule has 0 spiro atoms. The number of nitrogens with one attached hydrogen (secondary N) is 1. The molecule has 146 valence electrons. The molecule has 6 heteroatoms. The second-order valence-electron chi connectivity index (χ2n) is 6.24. The second kappa shape index (κ2) is 10.7. The smallest absolute Gasteiger partial charge is 0.255 e. The number of benzene rings is 2. The highest BCUT2D eigenvalue weighted by atomic mass is 35.5. The van der Waals surface area contributed by atoms with E-state index in [0.717, 1.165) is 5.56 Å². The van der Waals surface area contributed by atoms with Crippen LogP contribution < -0.4 is 11.1 Å². The molecular weight excluding hydrogens is 362 g/mol. The van der Waals surface area contributed by atoms with E-state index < -0.39 is 12.0 Å². The molecule has 0 aliphatic carbocycles. The van der Waals surface area contributed by atoms with E-state index in [9.17, 15) is 9.59 Å². The average molecular weight is 390 g/mol. The molecule has 0 aromatic heterocycles. The molecule has 0 saturated heterocycles. The van der Waals surface area contributed by atoms with E-state index in [1.165, 1.54) is 0 Å². The van der Waals surface area contributed by atoms with Gasteiger partial charge in [0.25, 0.3) is 5.91 Å². The first-order valence-corrected chi connectivity index (χ1v) is 8.99. The zero-order valence-electron chi connectivity index (χ0n) is 16.0. The van der Waals surface area contributed by atoms with E-state index in [0.29, 0.717) is 24.3 Å². The maximum Gasteiger partial charge on any atom is 0.255 e. The minimum Gasteiger partial charge on any atom is -0.339 e. The number of rotatable bonds is 7. The third-order valence-electron chi connectivity index (χ3n) is 4.60. The van der Waals surface area contributed by atoms with Gasteiger partial charge in [-0.05, 0) is 31.5 Å². The van der Waals surface area contributed by atoms with Crippen molar-refractivity contribution in [2.75, 3.05) is 18.4 Å². The first kappa shape index (κ1) is 22.7. The molecule has 0 saturated carbocycles. The van der Waals surface area contributed by atoms with Crippen LogP contribution >= 0.6 is 12.4 Å². The predicted molar refractivity (Wildman–Crippen MR) is 112 cm³/mol. The highest BCUT2D eigenvalue weighted by molar-refractivity contribution is 6.04. The van der Waals surface area contributed by atoms with E-state index in [-0.39, 0.29) is 24.2 Å². The molecule has 0 fully saturated rings. The number of hydrogen-bond acceptors (Lipinski definition) is 3. The highest BCUT2D eigenvalue weighted by Crippen LogP contribution is 2.23. The van der Waals surface area contributed by atoms with Crippen molar-refractivity contribution in [1.29, 1.82) is 0 Å². The minimum absolute atomic E-state index is 0. The number of amides is 2. The molecule has 2 rings (SSSR count). The van der Waals surface area contributed by atoms with Crippen LogP contribution in [0, 0.1) is 5.92 Å². The molecule has 3 N–H and O–H groups in total. The molecule has 2 aromatic rings. The first-order chi connectivity index (χ1) is 12.5. The van der Waals surface area contributed by atoms with Crippen LogP contribution in [0.5, 0.6) is 0 Å². The predicted octanol–water partition coefficient (Wildman–Crippen LogP) is 3.87. The Morgan fingerprint density at radius 2 is 1.56 bits per heavy atom. The number of halogens is 1. The lowest BCUT2D eigenvalue weighted by atomic mass is 9.94. The van der Waals surface area contributed by atoms with Gasteiger partial charge in [0.2, 0.25) is 5.91 Å². The fraction of sp³-hybridized carbons (Fsp3) is 0.333. The summed E-state index contributed by atoms with van der Waals surface area (Å²) < 4.78 is 0. The topological polar surface area (TPSA) is 75.4 Å². The Labute approximate surface area is 167 Å². The van der Waals surface area contributed by atoms with Gasteiger partial charge in [-0.2, -0.15) is 0 Å². The first-order valence-electron chi connectivity index (χ1n) is 8.99. The van der Waals surface area contributed by atoms with Crippen LogP contribution in [0.3, 0.4) is 0 Å². The summed E-state index contributed by atoms with van der Waals surface area (Å²) in [5.41, 5.74) is 8.16. The molecular formula is C21H28ClN3O2. The fourth-order valence-electron chi connectivity index (χ4n) is 2.83. The zero-order chi connectivity index (χ0) is 19.1. The van der Waals surface area contributed by atoms with E-state index in [4.69, 9.17) is 5.73 Å². The van der Waals surface area contributed by atoms with Gasteiger partial charge >= 0.3 is 0 Å². The van der Waals surface area contributed by atoms with Crippen LogP contribution in [0.4, 0.5) is 5.69 Å². The van der Waals surface area contributed by atoms with Crippen LogP contribution in [0.25, 0.3) is 0 Å². The number of carbonyl (C=O) groups is 2. The summed E-state index contributed by atoms with van der Waals surface area (Å²) >= 11 is 0. The zero-order valence-corrected chi connectivity index (χ0v) is 16.8. The summed E-state index contributed by atoms with van der Waals surface area (Å²) in [6, 6.07) is 16.2. The molecule has 2 aromatic carbocycles. The largest absolute Gasteiger partial charge is 0.339 e. The molecule has 5 nitrogen and oxygen atoms in total. The molecule has 0 aliphatic heterocycles. The standard InChI is InChI=1S/C21H27N3O2.ClH/c1-4-24(5-2)21(26)17-13-9-10-14-18(17)23-20(25)15(3)19(22)16-11-7-6-8-12-16;/h6-15,19H,4-5,22H2,1-3H3,(H,23,25);1H. The lowest BCUT2D eigenvalue weighted by Gasteiger charge is -2.23. The monoisotopic (exact) mass is 389 g/mol. The van der Waals surface area contributed by atoms with Crippen molar-refractivity contribution < 1.29 is 9.59 Å². The number of anilines is 1. The van der Waals surface area contributed by atoms with Crippen LogP contribution in [-0.2, 0) is 4.79 Å². The van der Waals surface area contributed by atoms with Crippen molar-refractivity contribution in [2.45, 2.75) is 26.8 Å². The summed E-state index contributed by atoms with van der Waals surface area (Å²) in [5.74, 6) is -0.735. The molecule has 0 heterocycles. The average Bonchev–Trinajstić information content (AvgIpc) is 2.68. The Balaban J connectivity index is 0.00000364. The molecule has 2 unspecified atom stereocenters. The number of nitrogens with zero attached hydrogens (tertiary/aromatic N) is 1. The van der Waals surface area contributed by atoms with Crippen molar-refractivity contribution in [3.8, 4) is 0 Å². The van der Waals surface area contributed by atoms with Gasteiger partial charge in [-0.25, -0.2) is 0 Å². The SMILES string of the molecule is CCN(CC)C(=O)c1ccccc1NC(=O)C(C)C(N)c1ccccc1.Cl. The van der Waals surface area contributed by atoms with E-state index in [2.05, 4.69) is 5.32 Å². The van der Waals surface area contributed by atoms with Crippen molar-refractivity contribution in [2.24, 2.45) is 11.7 Å². The summed E-state index contributed by atoms with van der Waals surface area (Å²) in [6.45, 7) is 6.90. The van der Waals surface area contributed by atoms with Gasteiger partial charge in [0.05, 0.1) is 17.2 Å². The number of hydrogen-bond donors (Lipinski definition) is 2. The van der Waals surface area contributed by atoms with Crippen LogP contribution in [-0.4, -0.2) is 29.8 Å². The number of nitrogens with two attached hydrogens (primary N) is 1. The van der Waals surface area contributed by atoms with Crippen LogP contribution in [0.15, 0.2) is 54.6 Å². The van der Waals surface area contributed by atoms with Crippen molar-refractivity contribution in [3.05, 3.63) is 65.7 Å². The van der Waals surface area contributed by atoms with Crippen LogP contribution in [0.2, 0.25) is 0 Å². The molecule has 0 radical (unpaired) electrons. The van der Waals surface area contributed by atoms with E-state index in [1.54, 1.807) is 36.1 Å². The van der Waals surface area contributed by atoms with Gasteiger partial charge in [-0.15, -0.1) is 12.4 Å². The molecule has 0 bridgehead atoms. The quantitative estimate of drug-likeness (QED) is 0.754. The van der Waals surface area contributed by atoms with Crippen molar-refractivity contribution >= 4 is 29.9 Å². The van der Waals surface area contributed by atoms with Crippen molar-refractivity contribution in [1.82, 2.24) is 4.90 Å². The Hall–Kier alpha value is -2.37. The molecule has 27 heavy (non-hydrogen) atoms. The third-order valence-corrected chi connectivity index (χ3v) is 4.60. The highest BCUT2D eigenvalue weighted by Gasteiger charge is 2.24. The van der Waals surface area contributed by atoms with Gasteiger partial charge in [0, 0.05) is 19.1 Å². The minimum atomic E-state index is -0.436. The normalized spacial score (nSPS) is 12.4. The van der Waals surface area contributed by atoms with Gasteiger partial charge < -0.3 is 16.0 Å². The Kier molecular flexibility index (Phi) is 8.98. The summed E-state index contributed by atoms with van der Waals surface area (Å²) in [7, 11) is 0. The van der Waals surface area contributed by atoms with E-state index >= 15 is 0 Å². The summed E-state index contributed by atoms with van der Waals surface area (Å²) in [4.78, 5) is 27.1. The maximum absolute atomic E-state index is 12.7. The Morgan fingerprint density at radius 1 is 1.00 bits per heavy atom. The molecule has 0 aliphatic rings. The molecule has 2 atom stereocenters. The summed E-state index contributed by atoms with van der Waals surface area (Å²) in [5, 5.41) is 2.88. The Bertz CT molecular complexity index is 748. The van der Waals surface area contributed by atoms with Gasteiger partial charge in [0.1, 0.15) is 0 Å². The van der Waals surface area contributed by atoms with Gasteiger partial charge in [-0.1, -0.05) is 49.4 Å². The lowest BCUT2D eigenvalue weighted by molar-refractivity contribution is -0.120. The number of para-hydroxylation sites is 1. The Morgan fingerprint density at radius 3 is 2.15 bits per heavy atom. The van der Waals surface area contributed by atoms with Gasteiger partial charge in [-0.3, -0.25) is 9.59 Å². The third kappa shape index (κ3) is 5.55. The molecule has 2 amide bonds. The van der Waals surface area contributed by atoms with Crippen LogP contribution in [0.1, 0.15) is 42.7 Å². The second-order valence-corrected chi connectivity index (χ2v) is 6.24.